The van der Waals surface area contributed by atoms with E-state index in [9.17, 15) is 8.78 Å². The number of hydrogen-bond acceptors (Lipinski definition) is 2. The van der Waals surface area contributed by atoms with Crippen molar-refractivity contribution in [3.05, 3.63) is 71.9 Å². The normalized spacial score (nSPS) is 10.6. The Balaban J connectivity index is 1.71. The second-order valence-electron chi connectivity index (χ2n) is 4.60. The van der Waals surface area contributed by atoms with E-state index in [1.807, 2.05) is 30.3 Å². The molecule has 0 aliphatic carbocycles. The van der Waals surface area contributed by atoms with Crippen LogP contribution in [0, 0.1) is 11.6 Å². The summed E-state index contributed by atoms with van der Waals surface area (Å²) >= 11 is 0. The third-order valence-corrected chi connectivity index (χ3v) is 3.23. The minimum Gasteiger partial charge on any atom is -0.381 e. The molecule has 3 nitrogen and oxygen atoms in total. The van der Waals surface area contributed by atoms with Gasteiger partial charge in [-0.25, -0.2) is 8.78 Å². The Kier molecular flexibility index (Phi) is 3.64. The lowest BCUT2D eigenvalue weighted by atomic mass is 10.1. The van der Waals surface area contributed by atoms with Crippen molar-refractivity contribution in [2.75, 3.05) is 5.32 Å². The molecule has 0 amide bonds. The molecule has 21 heavy (non-hydrogen) atoms. The van der Waals surface area contributed by atoms with E-state index >= 15 is 0 Å². The van der Waals surface area contributed by atoms with E-state index in [4.69, 9.17) is 0 Å². The first-order chi connectivity index (χ1) is 10.2. The smallest absolute Gasteiger partial charge is 0.131 e. The Labute approximate surface area is 120 Å². The number of aromatic amines is 1. The van der Waals surface area contributed by atoms with Crippen LogP contribution >= 0.6 is 0 Å². The van der Waals surface area contributed by atoms with Gasteiger partial charge in [0.1, 0.15) is 11.6 Å². The van der Waals surface area contributed by atoms with Gasteiger partial charge in [0, 0.05) is 24.0 Å². The van der Waals surface area contributed by atoms with Gasteiger partial charge in [-0.15, -0.1) is 0 Å². The number of anilines is 1. The molecule has 1 aromatic heterocycles. The van der Waals surface area contributed by atoms with Gasteiger partial charge in [-0.3, -0.25) is 5.10 Å². The topological polar surface area (TPSA) is 40.7 Å². The molecule has 0 spiro atoms. The quantitative estimate of drug-likeness (QED) is 0.761. The molecule has 1 heterocycles. The molecule has 0 aliphatic heterocycles. The lowest BCUT2D eigenvalue weighted by molar-refractivity contribution is 0.560. The molecule has 0 atom stereocenters. The third kappa shape index (κ3) is 2.91. The summed E-state index contributed by atoms with van der Waals surface area (Å²) in [6, 6.07) is 13.3. The second kappa shape index (κ2) is 5.75. The SMILES string of the molecule is Fc1cccc(F)c1CNc1ccc(-c2ccn[nH]2)cc1. The average molecular weight is 285 g/mol. The highest BCUT2D eigenvalue weighted by Crippen LogP contribution is 2.20. The van der Waals surface area contributed by atoms with Crippen LogP contribution in [-0.2, 0) is 6.54 Å². The van der Waals surface area contributed by atoms with Crippen LogP contribution in [-0.4, -0.2) is 10.2 Å². The predicted molar refractivity (Wildman–Crippen MR) is 77.7 cm³/mol. The number of halogens is 2. The summed E-state index contributed by atoms with van der Waals surface area (Å²) in [7, 11) is 0. The molecule has 5 heteroatoms. The molecule has 0 unspecified atom stereocenters. The first-order valence-corrected chi connectivity index (χ1v) is 6.50. The van der Waals surface area contributed by atoms with Crippen LogP contribution in [0.4, 0.5) is 14.5 Å². The number of aromatic nitrogens is 2. The van der Waals surface area contributed by atoms with Gasteiger partial charge in [0.2, 0.25) is 0 Å². The van der Waals surface area contributed by atoms with Gasteiger partial charge in [-0.1, -0.05) is 18.2 Å². The van der Waals surface area contributed by atoms with Crippen LogP contribution < -0.4 is 5.32 Å². The summed E-state index contributed by atoms with van der Waals surface area (Å²) in [5, 5.41) is 9.78. The van der Waals surface area contributed by atoms with Gasteiger partial charge in [0.05, 0.1) is 5.69 Å². The summed E-state index contributed by atoms with van der Waals surface area (Å²) in [6.45, 7) is 0.0991. The summed E-state index contributed by atoms with van der Waals surface area (Å²) < 4.78 is 27.0. The van der Waals surface area contributed by atoms with Crippen molar-refractivity contribution in [3.8, 4) is 11.3 Å². The maximum atomic E-state index is 13.5. The van der Waals surface area contributed by atoms with Gasteiger partial charge in [-0.2, -0.15) is 5.10 Å². The number of benzene rings is 2. The molecule has 3 rings (SSSR count). The van der Waals surface area contributed by atoms with Crippen LogP contribution in [0.2, 0.25) is 0 Å². The largest absolute Gasteiger partial charge is 0.381 e. The zero-order chi connectivity index (χ0) is 14.7. The molecular formula is C16H13F2N3. The number of nitrogens with zero attached hydrogens (tertiary/aromatic N) is 1. The summed E-state index contributed by atoms with van der Waals surface area (Å²) in [5.41, 5.74) is 2.74. The maximum absolute atomic E-state index is 13.5. The Morgan fingerprint density at radius 2 is 1.67 bits per heavy atom. The lowest BCUT2D eigenvalue weighted by Crippen LogP contribution is -2.04. The minimum atomic E-state index is -0.545. The van der Waals surface area contributed by atoms with Gasteiger partial charge in [0.15, 0.2) is 0 Å². The molecule has 0 bridgehead atoms. The van der Waals surface area contributed by atoms with Crippen molar-refractivity contribution in [2.45, 2.75) is 6.54 Å². The van der Waals surface area contributed by atoms with Crippen LogP contribution in [0.1, 0.15) is 5.56 Å². The average Bonchev–Trinajstić information content (AvgIpc) is 3.02. The highest BCUT2D eigenvalue weighted by molar-refractivity contribution is 5.62. The number of H-pyrrole nitrogens is 1. The summed E-state index contributed by atoms with van der Waals surface area (Å²) in [5.74, 6) is -1.09. The molecule has 0 radical (unpaired) electrons. The molecule has 2 aromatic carbocycles. The van der Waals surface area contributed by atoms with Crippen molar-refractivity contribution in [2.24, 2.45) is 0 Å². The van der Waals surface area contributed by atoms with E-state index in [1.54, 1.807) is 6.20 Å². The molecule has 106 valence electrons. The highest BCUT2D eigenvalue weighted by atomic mass is 19.1. The maximum Gasteiger partial charge on any atom is 0.131 e. The van der Waals surface area contributed by atoms with Crippen molar-refractivity contribution < 1.29 is 8.78 Å². The Bertz CT molecular complexity index is 702. The van der Waals surface area contributed by atoms with Crippen LogP contribution in [0.5, 0.6) is 0 Å². The molecule has 0 aliphatic rings. The molecule has 0 saturated carbocycles. The van der Waals surface area contributed by atoms with E-state index in [-0.39, 0.29) is 12.1 Å². The fourth-order valence-corrected chi connectivity index (χ4v) is 2.08. The van der Waals surface area contributed by atoms with E-state index in [0.717, 1.165) is 16.9 Å². The van der Waals surface area contributed by atoms with Gasteiger partial charge < -0.3 is 5.32 Å². The monoisotopic (exact) mass is 285 g/mol. The molecule has 3 aromatic rings. The van der Waals surface area contributed by atoms with Crippen LogP contribution in [0.25, 0.3) is 11.3 Å². The van der Waals surface area contributed by atoms with Gasteiger partial charge >= 0.3 is 0 Å². The Hall–Kier alpha value is -2.69. The lowest BCUT2D eigenvalue weighted by Gasteiger charge is -2.09. The molecular weight excluding hydrogens is 272 g/mol. The Morgan fingerprint density at radius 3 is 2.29 bits per heavy atom. The zero-order valence-corrected chi connectivity index (χ0v) is 11.1. The molecule has 2 N–H and O–H groups in total. The fourth-order valence-electron chi connectivity index (χ4n) is 2.08. The van der Waals surface area contributed by atoms with E-state index < -0.39 is 11.6 Å². The molecule has 0 fully saturated rings. The standard InChI is InChI=1S/C16H13F2N3/c17-14-2-1-3-15(18)13(14)10-19-12-6-4-11(5-7-12)16-8-9-20-21-16/h1-9,19H,10H2,(H,20,21). The van der Waals surface area contributed by atoms with Crippen molar-refractivity contribution in [3.63, 3.8) is 0 Å². The predicted octanol–water partition coefficient (Wildman–Crippen LogP) is 3.97. The summed E-state index contributed by atoms with van der Waals surface area (Å²) in [4.78, 5) is 0. The van der Waals surface area contributed by atoms with Crippen LogP contribution in [0.3, 0.4) is 0 Å². The van der Waals surface area contributed by atoms with Crippen molar-refractivity contribution >= 4 is 5.69 Å². The summed E-state index contributed by atoms with van der Waals surface area (Å²) in [6.07, 6.45) is 1.68. The first-order valence-electron chi connectivity index (χ1n) is 6.50. The second-order valence-corrected chi connectivity index (χ2v) is 4.60. The number of nitrogens with one attached hydrogen (secondary N) is 2. The Morgan fingerprint density at radius 1 is 0.952 bits per heavy atom. The van der Waals surface area contributed by atoms with E-state index in [1.165, 1.54) is 18.2 Å². The fraction of sp³-hybridized carbons (Fsp3) is 0.0625. The van der Waals surface area contributed by atoms with Gasteiger partial charge in [-0.05, 0) is 35.9 Å². The molecule has 0 saturated heterocycles. The number of rotatable bonds is 4. The van der Waals surface area contributed by atoms with Crippen molar-refractivity contribution in [1.29, 1.82) is 0 Å². The van der Waals surface area contributed by atoms with E-state index in [2.05, 4.69) is 15.5 Å². The highest BCUT2D eigenvalue weighted by Gasteiger charge is 2.07. The first kappa shape index (κ1) is 13.3. The van der Waals surface area contributed by atoms with E-state index in [0.29, 0.717) is 0 Å². The minimum absolute atomic E-state index is 0.0372. The zero-order valence-electron chi connectivity index (χ0n) is 11.1. The van der Waals surface area contributed by atoms with Crippen molar-refractivity contribution in [1.82, 2.24) is 10.2 Å². The van der Waals surface area contributed by atoms with Crippen LogP contribution in [0.15, 0.2) is 54.7 Å². The third-order valence-electron chi connectivity index (χ3n) is 3.23. The number of hydrogen-bond donors (Lipinski definition) is 2. The van der Waals surface area contributed by atoms with Gasteiger partial charge in [0.25, 0.3) is 0 Å².